The SMILES string of the molecule is C[C@@H](CN1CCN(CCN2CCCC2)CC1)c1ccc(F)cc1. The van der Waals surface area contributed by atoms with Gasteiger partial charge >= 0.3 is 0 Å². The molecule has 0 unspecified atom stereocenters. The standard InChI is InChI=1S/C19H30FN3/c1-17(18-4-6-19(20)7-5-18)16-23-14-12-22(13-15-23)11-10-21-8-2-3-9-21/h4-7,17H,2-3,8-16H2,1H3/t17-/m0/s1. The molecule has 4 heteroatoms. The smallest absolute Gasteiger partial charge is 0.123 e. The quantitative estimate of drug-likeness (QED) is 0.798. The van der Waals surface area contributed by atoms with Crippen LogP contribution in [0.15, 0.2) is 24.3 Å². The van der Waals surface area contributed by atoms with Gasteiger partial charge < -0.3 is 9.80 Å². The fourth-order valence-electron chi connectivity index (χ4n) is 3.77. The van der Waals surface area contributed by atoms with Crippen LogP contribution in [0.4, 0.5) is 4.39 Å². The van der Waals surface area contributed by atoms with Crippen LogP contribution in [0.5, 0.6) is 0 Å². The summed E-state index contributed by atoms with van der Waals surface area (Å²) >= 11 is 0. The molecule has 0 radical (unpaired) electrons. The van der Waals surface area contributed by atoms with E-state index in [-0.39, 0.29) is 5.82 Å². The molecule has 23 heavy (non-hydrogen) atoms. The molecule has 0 aliphatic carbocycles. The van der Waals surface area contributed by atoms with Gasteiger partial charge in [-0.1, -0.05) is 19.1 Å². The van der Waals surface area contributed by atoms with Crippen molar-refractivity contribution < 1.29 is 4.39 Å². The molecule has 0 bridgehead atoms. The largest absolute Gasteiger partial charge is 0.302 e. The van der Waals surface area contributed by atoms with E-state index in [0.717, 1.165) is 19.6 Å². The molecule has 3 nitrogen and oxygen atoms in total. The Morgan fingerprint density at radius 1 is 0.826 bits per heavy atom. The number of likely N-dealkylation sites (tertiary alicyclic amines) is 1. The minimum absolute atomic E-state index is 0.146. The van der Waals surface area contributed by atoms with E-state index >= 15 is 0 Å². The van der Waals surface area contributed by atoms with Crippen molar-refractivity contribution in [3.8, 4) is 0 Å². The minimum Gasteiger partial charge on any atom is -0.302 e. The molecule has 1 aromatic carbocycles. The summed E-state index contributed by atoms with van der Waals surface area (Å²) in [6.45, 7) is 13.1. The van der Waals surface area contributed by atoms with Crippen LogP contribution in [0.3, 0.4) is 0 Å². The molecular weight excluding hydrogens is 289 g/mol. The summed E-state index contributed by atoms with van der Waals surface area (Å²) in [6, 6.07) is 6.99. The van der Waals surface area contributed by atoms with E-state index in [1.807, 2.05) is 12.1 Å². The van der Waals surface area contributed by atoms with Crippen molar-refractivity contribution in [3.05, 3.63) is 35.6 Å². The molecular formula is C19H30FN3. The van der Waals surface area contributed by atoms with E-state index in [2.05, 4.69) is 21.6 Å². The van der Waals surface area contributed by atoms with Crippen LogP contribution in [0.25, 0.3) is 0 Å². The monoisotopic (exact) mass is 319 g/mol. The molecule has 0 N–H and O–H groups in total. The third-order valence-electron chi connectivity index (χ3n) is 5.37. The zero-order valence-electron chi connectivity index (χ0n) is 14.4. The third-order valence-corrected chi connectivity index (χ3v) is 5.37. The maximum absolute atomic E-state index is 13.0. The van der Waals surface area contributed by atoms with Crippen molar-refractivity contribution in [2.24, 2.45) is 0 Å². The van der Waals surface area contributed by atoms with Gasteiger partial charge in [0.05, 0.1) is 0 Å². The lowest BCUT2D eigenvalue weighted by Gasteiger charge is -2.36. The summed E-state index contributed by atoms with van der Waals surface area (Å²) in [5, 5.41) is 0. The van der Waals surface area contributed by atoms with Gasteiger partial charge in [-0.15, -0.1) is 0 Å². The number of benzene rings is 1. The molecule has 0 amide bonds. The van der Waals surface area contributed by atoms with Gasteiger partial charge in [0.1, 0.15) is 5.82 Å². The first-order chi connectivity index (χ1) is 11.2. The maximum Gasteiger partial charge on any atom is 0.123 e. The van der Waals surface area contributed by atoms with E-state index in [1.54, 1.807) is 12.1 Å². The van der Waals surface area contributed by atoms with E-state index < -0.39 is 0 Å². The van der Waals surface area contributed by atoms with Gasteiger partial charge in [0, 0.05) is 45.8 Å². The summed E-state index contributed by atoms with van der Waals surface area (Å²) in [5.74, 6) is 0.319. The summed E-state index contributed by atoms with van der Waals surface area (Å²) in [5.41, 5.74) is 1.24. The Labute approximate surface area is 140 Å². The fourth-order valence-corrected chi connectivity index (χ4v) is 3.77. The highest BCUT2D eigenvalue weighted by Gasteiger charge is 2.20. The van der Waals surface area contributed by atoms with E-state index in [4.69, 9.17) is 0 Å². The van der Waals surface area contributed by atoms with Crippen molar-refractivity contribution in [3.63, 3.8) is 0 Å². The number of halogens is 1. The molecule has 2 aliphatic heterocycles. The van der Waals surface area contributed by atoms with Gasteiger partial charge in [-0.2, -0.15) is 0 Å². The summed E-state index contributed by atoms with van der Waals surface area (Å²) in [7, 11) is 0. The highest BCUT2D eigenvalue weighted by Crippen LogP contribution is 2.18. The van der Waals surface area contributed by atoms with Crippen molar-refractivity contribution >= 4 is 0 Å². The van der Waals surface area contributed by atoms with Gasteiger partial charge in [-0.25, -0.2) is 4.39 Å². The first-order valence-electron chi connectivity index (χ1n) is 9.13. The zero-order valence-corrected chi connectivity index (χ0v) is 14.4. The molecule has 2 heterocycles. The molecule has 2 saturated heterocycles. The maximum atomic E-state index is 13.0. The average molecular weight is 319 g/mol. The van der Waals surface area contributed by atoms with Gasteiger partial charge in [0.2, 0.25) is 0 Å². The number of rotatable bonds is 6. The van der Waals surface area contributed by atoms with Crippen LogP contribution < -0.4 is 0 Å². The lowest BCUT2D eigenvalue weighted by atomic mass is 10.0. The Bertz CT molecular complexity index is 462. The first-order valence-corrected chi connectivity index (χ1v) is 9.13. The predicted molar refractivity (Wildman–Crippen MR) is 93.4 cm³/mol. The predicted octanol–water partition coefficient (Wildman–Crippen LogP) is 2.64. The molecule has 0 spiro atoms. The summed E-state index contributed by atoms with van der Waals surface area (Å²) < 4.78 is 13.0. The highest BCUT2D eigenvalue weighted by atomic mass is 19.1. The fraction of sp³-hybridized carbons (Fsp3) is 0.684. The van der Waals surface area contributed by atoms with Crippen LogP contribution in [0, 0.1) is 5.82 Å². The van der Waals surface area contributed by atoms with Gasteiger partial charge in [0.25, 0.3) is 0 Å². The highest BCUT2D eigenvalue weighted by molar-refractivity contribution is 5.20. The van der Waals surface area contributed by atoms with Crippen LogP contribution in [-0.2, 0) is 0 Å². The molecule has 0 saturated carbocycles. The van der Waals surface area contributed by atoms with Crippen LogP contribution in [0.1, 0.15) is 31.2 Å². The van der Waals surface area contributed by atoms with Crippen molar-refractivity contribution in [2.75, 3.05) is 58.9 Å². The zero-order chi connectivity index (χ0) is 16.1. The van der Waals surface area contributed by atoms with Crippen LogP contribution in [0.2, 0.25) is 0 Å². The average Bonchev–Trinajstić information content (AvgIpc) is 3.08. The molecule has 1 atom stereocenters. The number of piperazine rings is 1. The Hall–Kier alpha value is -0.970. The second-order valence-corrected chi connectivity index (χ2v) is 7.14. The first kappa shape index (κ1) is 16.9. The molecule has 2 aliphatic rings. The summed E-state index contributed by atoms with van der Waals surface area (Å²) in [4.78, 5) is 7.76. The lowest BCUT2D eigenvalue weighted by molar-refractivity contribution is 0.118. The van der Waals surface area contributed by atoms with Crippen LogP contribution >= 0.6 is 0 Å². The number of nitrogens with zero attached hydrogens (tertiary/aromatic N) is 3. The van der Waals surface area contributed by atoms with E-state index in [1.165, 1.54) is 57.7 Å². The lowest BCUT2D eigenvalue weighted by Crippen LogP contribution is -2.49. The molecule has 1 aromatic rings. The Morgan fingerprint density at radius 3 is 1.96 bits per heavy atom. The second-order valence-electron chi connectivity index (χ2n) is 7.14. The van der Waals surface area contributed by atoms with Crippen molar-refractivity contribution in [1.82, 2.24) is 14.7 Å². The number of hydrogen-bond donors (Lipinski definition) is 0. The molecule has 128 valence electrons. The Balaban J connectivity index is 1.37. The topological polar surface area (TPSA) is 9.72 Å². The Morgan fingerprint density at radius 2 is 1.35 bits per heavy atom. The van der Waals surface area contributed by atoms with Gasteiger partial charge in [-0.3, -0.25) is 4.90 Å². The van der Waals surface area contributed by atoms with Gasteiger partial charge in [0.15, 0.2) is 0 Å². The molecule has 2 fully saturated rings. The minimum atomic E-state index is -0.146. The Kier molecular flexibility index (Phi) is 6.03. The second kappa shape index (κ2) is 8.22. The summed E-state index contributed by atoms with van der Waals surface area (Å²) in [6.07, 6.45) is 2.77. The normalized spacial score (nSPS) is 22.5. The van der Waals surface area contributed by atoms with E-state index in [9.17, 15) is 4.39 Å². The van der Waals surface area contributed by atoms with Crippen LogP contribution in [-0.4, -0.2) is 73.6 Å². The number of hydrogen-bond acceptors (Lipinski definition) is 3. The van der Waals surface area contributed by atoms with Crippen molar-refractivity contribution in [2.45, 2.75) is 25.7 Å². The van der Waals surface area contributed by atoms with Gasteiger partial charge in [-0.05, 0) is 49.5 Å². The third kappa shape index (κ3) is 5.00. The van der Waals surface area contributed by atoms with E-state index in [0.29, 0.717) is 5.92 Å². The van der Waals surface area contributed by atoms with Crippen molar-refractivity contribution in [1.29, 1.82) is 0 Å². The molecule has 0 aromatic heterocycles. The molecule has 3 rings (SSSR count).